The van der Waals surface area contributed by atoms with E-state index in [1.54, 1.807) is 0 Å². The summed E-state index contributed by atoms with van der Waals surface area (Å²) >= 11 is 4.91. The Balaban J connectivity index is 1.94. The number of nitrogens with two attached hydrogens (primary N) is 1. The second-order valence-electron chi connectivity index (χ2n) is 5.67. The van der Waals surface area contributed by atoms with Crippen molar-refractivity contribution < 1.29 is 4.79 Å². The molecule has 0 bridgehead atoms. The molecule has 1 amide bonds. The van der Waals surface area contributed by atoms with Gasteiger partial charge in [0, 0.05) is 25.4 Å². The maximum atomic E-state index is 12.5. The average Bonchev–Trinajstić information content (AvgIpc) is 3.09. The van der Waals surface area contributed by atoms with E-state index in [-0.39, 0.29) is 12.0 Å². The number of amides is 1. The Bertz CT molecular complexity index is 311. The lowest BCUT2D eigenvalue weighted by Gasteiger charge is -2.29. The highest BCUT2D eigenvalue weighted by atomic mass is 32.1. The summed E-state index contributed by atoms with van der Waals surface area (Å²) in [6.45, 7) is 2.02. The SMILES string of the molecule is CC(CC(N)=S)N(C)C(=O)C(C1CC1)C1CC1. The van der Waals surface area contributed by atoms with E-state index in [0.29, 0.717) is 29.2 Å². The van der Waals surface area contributed by atoms with Gasteiger partial charge in [0.15, 0.2) is 0 Å². The lowest BCUT2D eigenvalue weighted by Crippen LogP contribution is -2.42. The molecule has 0 saturated heterocycles. The molecule has 2 rings (SSSR count). The molecule has 2 fully saturated rings. The maximum Gasteiger partial charge on any atom is 0.226 e. The van der Waals surface area contributed by atoms with Gasteiger partial charge in [-0.05, 0) is 44.4 Å². The van der Waals surface area contributed by atoms with Gasteiger partial charge in [0.2, 0.25) is 5.91 Å². The van der Waals surface area contributed by atoms with E-state index in [2.05, 4.69) is 0 Å². The second-order valence-corrected chi connectivity index (χ2v) is 6.19. The minimum atomic E-state index is 0.125. The highest BCUT2D eigenvalue weighted by Crippen LogP contribution is 2.49. The van der Waals surface area contributed by atoms with Crippen LogP contribution in [0.2, 0.25) is 0 Å². The van der Waals surface area contributed by atoms with Crippen LogP contribution >= 0.6 is 12.2 Å². The predicted octanol–water partition coefficient (Wildman–Crippen LogP) is 1.95. The van der Waals surface area contributed by atoms with Crippen molar-refractivity contribution in [3.63, 3.8) is 0 Å². The minimum Gasteiger partial charge on any atom is -0.393 e. The molecular weight excluding hydrogens is 232 g/mol. The Morgan fingerprint density at radius 2 is 1.82 bits per heavy atom. The molecule has 0 radical (unpaired) electrons. The smallest absolute Gasteiger partial charge is 0.226 e. The van der Waals surface area contributed by atoms with Crippen molar-refractivity contribution >= 4 is 23.1 Å². The molecule has 0 aromatic heterocycles. The van der Waals surface area contributed by atoms with Crippen LogP contribution in [0.4, 0.5) is 0 Å². The molecule has 0 heterocycles. The zero-order valence-corrected chi connectivity index (χ0v) is 11.5. The van der Waals surface area contributed by atoms with Crippen LogP contribution < -0.4 is 5.73 Å². The van der Waals surface area contributed by atoms with Gasteiger partial charge in [0.1, 0.15) is 0 Å². The van der Waals surface area contributed by atoms with E-state index >= 15 is 0 Å². The van der Waals surface area contributed by atoms with Gasteiger partial charge in [-0.1, -0.05) is 12.2 Å². The average molecular weight is 254 g/mol. The van der Waals surface area contributed by atoms with Crippen LogP contribution in [0.1, 0.15) is 39.0 Å². The Kier molecular flexibility index (Phi) is 3.71. The van der Waals surface area contributed by atoms with Crippen molar-refractivity contribution in [3.8, 4) is 0 Å². The van der Waals surface area contributed by atoms with E-state index in [9.17, 15) is 4.79 Å². The third kappa shape index (κ3) is 3.18. The van der Waals surface area contributed by atoms with E-state index in [1.165, 1.54) is 25.7 Å². The van der Waals surface area contributed by atoms with Gasteiger partial charge in [0.25, 0.3) is 0 Å². The van der Waals surface area contributed by atoms with Crippen molar-refractivity contribution in [2.24, 2.45) is 23.5 Å². The molecule has 1 atom stereocenters. The lowest BCUT2D eigenvalue weighted by molar-refractivity contribution is -0.137. The molecule has 96 valence electrons. The van der Waals surface area contributed by atoms with Crippen molar-refractivity contribution in [1.82, 2.24) is 4.90 Å². The quantitative estimate of drug-likeness (QED) is 0.737. The Morgan fingerprint density at radius 1 is 1.35 bits per heavy atom. The van der Waals surface area contributed by atoms with Crippen LogP contribution in [-0.4, -0.2) is 28.9 Å². The normalized spacial score (nSPS) is 21.4. The summed E-state index contributed by atoms with van der Waals surface area (Å²) in [7, 11) is 1.89. The molecule has 0 spiro atoms. The number of rotatable bonds is 6. The first-order valence-corrected chi connectivity index (χ1v) is 6.96. The number of carbonyl (C=O) groups is 1. The van der Waals surface area contributed by atoms with Crippen LogP contribution in [0, 0.1) is 17.8 Å². The Morgan fingerprint density at radius 3 is 2.18 bits per heavy atom. The first-order valence-electron chi connectivity index (χ1n) is 6.55. The van der Waals surface area contributed by atoms with Crippen LogP contribution in [0.25, 0.3) is 0 Å². The maximum absolute atomic E-state index is 12.5. The molecule has 2 aliphatic carbocycles. The van der Waals surface area contributed by atoms with Gasteiger partial charge >= 0.3 is 0 Å². The zero-order chi connectivity index (χ0) is 12.6. The third-order valence-corrected chi connectivity index (χ3v) is 4.22. The molecule has 0 aromatic rings. The van der Waals surface area contributed by atoms with E-state index in [1.807, 2.05) is 18.9 Å². The Labute approximate surface area is 109 Å². The van der Waals surface area contributed by atoms with E-state index in [4.69, 9.17) is 18.0 Å². The number of nitrogens with zero attached hydrogens (tertiary/aromatic N) is 1. The van der Waals surface area contributed by atoms with Crippen LogP contribution in [0.5, 0.6) is 0 Å². The first-order chi connectivity index (χ1) is 8.00. The molecular formula is C13H22N2OS. The van der Waals surface area contributed by atoms with Gasteiger partial charge in [-0.15, -0.1) is 0 Å². The van der Waals surface area contributed by atoms with Gasteiger partial charge in [-0.3, -0.25) is 4.79 Å². The van der Waals surface area contributed by atoms with Crippen molar-refractivity contribution in [1.29, 1.82) is 0 Å². The fourth-order valence-electron chi connectivity index (χ4n) is 2.58. The molecule has 4 heteroatoms. The number of carbonyl (C=O) groups excluding carboxylic acids is 1. The number of thiocarbonyl (C=S) groups is 1. The highest BCUT2D eigenvalue weighted by molar-refractivity contribution is 7.80. The van der Waals surface area contributed by atoms with E-state index in [0.717, 1.165) is 0 Å². The third-order valence-electron chi connectivity index (χ3n) is 4.05. The molecule has 2 saturated carbocycles. The predicted molar refractivity (Wildman–Crippen MR) is 72.6 cm³/mol. The second kappa shape index (κ2) is 4.92. The summed E-state index contributed by atoms with van der Waals surface area (Å²) in [6, 6.07) is 0.125. The van der Waals surface area contributed by atoms with Gasteiger partial charge < -0.3 is 10.6 Å². The fourth-order valence-corrected chi connectivity index (χ4v) is 2.82. The number of hydrogen-bond donors (Lipinski definition) is 1. The largest absolute Gasteiger partial charge is 0.393 e. The van der Waals surface area contributed by atoms with Crippen molar-refractivity contribution in [2.45, 2.75) is 45.1 Å². The topological polar surface area (TPSA) is 46.3 Å². The zero-order valence-electron chi connectivity index (χ0n) is 10.7. The molecule has 3 nitrogen and oxygen atoms in total. The fraction of sp³-hybridized carbons (Fsp3) is 0.846. The molecule has 0 aliphatic heterocycles. The molecule has 2 aliphatic rings. The first kappa shape index (κ1) is 12.8. The summed E-state index contributed by atoms with van der Waals surface area (Å²) in [5.74, 6) is 1.93. The van der Waals surface area contributed by atoms with Crippen molar-refractivity contribution in [3.05, 3.63) is 0 Å². The van der Waals surface area contributed by atoms with Crippen LogP contribution in [0.15, 0.2) is 0 Å². The van der Waals surface area contributed by atoms with Gasteiger partial charge in [0.05, 0.1) is 4.99 Å². The lowest BCUT2D eigenvalue weighted by atomic mass is 9.95. The van der Waals surface area contributed by atoms with Gasteiger partial charge in [-0.25, -0.2) is 0 Å². The summed E-state index contributed by atoms with van der Waals surface area (Å²) < 4.78 is 0. The Hall–Kier alpha value is -0.640. The standard InChI is InChI=1S/C13H22N2OS/c1-8(7-11(14)17)15(2)13(16)12(9-3-4-9)10-5-6-10/h8-10,12H,3-7H2,1-2H3,(H2,14,17). The molecule has 0 aromatic carbocycles. The molecule has 17 heavy (non-hydrogen) atoms. The summed E-state index contributed by atoms with van der Waals surface area (Å²) in [5.41, 5.74) is 5.55. The van der Waals surface area contributed by atoms with E-state index < -0.39 is 0 Å². The van der Waals surface area contributed by atoms with Crippen LogP contribution in [-0.2, 0) is 4.79 Å². The monoisotopic (exact) mass is 254 g/mol. The minimum absolute atomic E-state index is 0.125. The molecule has 1 unspecified atom stereocenters. The van der Waals surface area contributed by atoms with Crippen LogP contribution in [0.3, 0.4) is 0 Å². The number of hydrogen-bond acceptors (Lipinski definition) is 2. The molecule has 2 N–H and O–H groups in total. The van der Waals surface area contributed by atoms with Crippen molar-refractivity contribution in [2.75, 3.05) is 7.05 Å². The highest BCUT2D eigenvalue weighted by Gasteiger charge is 2.46. The van der Waals surface area contributed by atoms with Gasteiger partial charge in [-0.2, -0.15) is 0 Å². The summed E-state index contributed by atoms with van der Waals surface area (Å²) in [6.07, 6.45) is 5.59. The summed E-state index contributed by atoms with van der Waals surface area (Å²) in [4.78, 5) is 14.8. The summed E-state index contributed by atoms with van der Waals surface area (Å²) in [5, 5.41) is 0.